The van der Waals surface area contributed by atoms with E-state index in [1.54, 1.807) is 12.4 Å². The molecule has 7 nitrogen and oxygen atoms in total. The first-order valence-corrected chi connectivity index (χ1v) is 13.2. The van der Waals surface area contributed by atoms with Crippen LogP contribution in [-0.4, -0.2) is 26.9 Å². The summed E-state index contributed by atoms with van der Waals surface area (Å²) in [4.78, 5) is 26.8. The number of aromatic nitrogens is 3. The Bertz CT molecular complexity index is 1350. The SMILES string of the molecule is CC(C)CC(Nc1cc(-c2cccnc2)nc(NCc2cccc(Cl)c2)n1)C(=O)NCc1ccc(Cl)cc1. The number of carbonyl (C=O) groups is 1. The quantitative estimate of drug-likeness (QED) is 0.195. The highest BCUT2D eigenvalue weighted by atomic mass is 35.5. The van der Waals surface area contributed by atoms with Crippen molar-refractivity contribution in [1.82, 2.24) is 20.3 Å². The van der Waals surface area contributed by atoms with Gasteiger partial charge in [-0.25, -0.2) is 4.98 Å². The molecule has 4 rings (SSSR count). The van der Waals surface area contributed by atoms with Crippen LogP contribution in [0.2, 0.25) is 10.0 Å². The summed E-state index contributed by atoms with van der Waals surface area (Å²) in [5, 5.41) is 11.0. The molecule has 1 unspecified atom stereocenters. The van der Waals surface area contributed by atoms with Gasteiger partial charge in [0.05, 0.1) is 5.69 Å². The minimum atomic E-state index is -0.486. The van der Waals surface area contributed by atoms with Crippen LogP contribution in [0.15, 0.2) is 79.1 Å². The molecule has 0 fully saturated rings. The molecule has 0 aliphatic rings. The van der Waals surface area contributed by atoms with Crippen LogP contribution in [0.25, 0.3) is 11.3 Å². The average molecular weight is 550 g/mol. The molecule has 0 aliphatic heterocycles. The third-order valence-electron chi connectivity index (χ3n) is 5.75. The molecule has 0 bridgehead atoms. The zero-order valence-corrected chi connectivity index (χ0v) is 22.8. The predicted octanol–water partition coefficient (Wildman–Crippen LogP) is 6.60. The van der Waals surface area contributed by atoms with E-state index < -0.39 is 6.04 Å². The Kier molecular flexibility index (Phi) is 9.51. The summed E-state index contributed by atoms with van der Waals surface area (Å²) >= 11 is 12.1. The number of rotatable bonds is 11. The van der Waals surface area contributed by atoms with Gasteiger partial charge in [0.25, 0.3) is 0 Å². The highest BCUT2D eigenvalue weighted by molar-refractivity contribution is 6.30. The lowest BCUT2D eigenvalue weighted by Crippen LogP contribution is -2.40. The average Bonchev–Trinajstić information content (AvgIpc) is 2.91. The van der Waals surface area contributed by atoms with Crippen molar-refractivity contribution in [2.45, 2.75) is 39.4 Å². The van der Waals surface area contributed by atoms with Crippen LogP contribution >= 0.6 is 23.2 Å². The Hall–Kier alpha value is -3.68. The molecule has 38 heavy (non-hydrogen) atoms. The van der Waals surface area contributed by atoms with Crippen LogP contribution in [0.1, 0.15) is 31.4 Å². The molecule has 0 saturated carbocycles. The van der Waals surface area contributed by atoms with Crippen molar-refractivity contribution in [2.24, 2.45) is 5.92 Å². The lowest BCUT2D eigenvalue weighted by atomic mass is 10.0. The molecule has 0 saturated heterocycles. The number of hydrogen-bond donors (Lipinski definition) is 3. The highest BCUT2D eigenvalue weighted by Crippen LogP contribution is 2.23. The summed E-state index contributed by atoms with van der Waals surface area (Å²) < 4.78 is 0. The lowest BCUT2D eigenvalue weighted by Gasteiger charge is -2.21. The number of amides is 1. The fraction of sp³-hybridized carbons (Fsp3) is 0.241. The van der Waals surface area contributed by atoms with E-state index >= 15 is 0 Å². The summed E-state index contributed by atoms with van der Waals surface area (Å²) in [6.07, 6.45) is 4.09. The monoisotopic (exact) mass is 548 g/mol. The van der Waals surface area contributed by atoms with Crippen molar-refractivity contribution in [1.29, 1.82) is 0 Å². The van der Waals surface area contributed by atoms with Gasteiger partial charge in [0, 0.05) is 47.2 Å². The third kappa shape index (κ3) is 8.16. The number of nitrogens with zero attached hydrogens (tertiary/aromatic N) is 3. The Morgan fingerprint density at radius 3 is 2.42 bits per heavy atom. The molecule has 3 N–H and O–H groups in total. The number of carbonyl (C=O) groups excluding carboxylic acids is 1. The van der Waals surface area contributed by atoms with Gasteiger partial charge in [-0.05, 0) is 59.9 Å². The molecule has 0 aliphatic carbocycles. The van der Waals surface area contributed by atoms with Gasteiger partial charge in [-0.1, -0.05) is 61.3 Å². The summed E-state index contributed by atoms with van der Waals surface area (Å²) in [7, 11) is 0. The van der Waals surface area contributed by atoms with E-state index in [0.29, 0.717) is 47.0 Å². The van der Waals surface area contributed by atoms with Crippen molar-refractivity contribution in [3.8, 4) is 11.3 Å². The van der Waals surface area contributed by atoms with E-state index in [4.69, 9.17) is 28.2 Å². The van der Waals surface area contributed by atoms with Crippen LogP contribution in [-0.2, 0) is 17.9 Å². The van der Waals surface area contributed by atoms with E-state index in [1.165, 1.54) is 0 Å². The topological polar surface area (TPSA) is 91.8 Å². The van der Waals surface area contributed by atoms with E-state index in [1.807, 2.05) is 66.7 Å². The van der Waals surface area contributed by atoms with Gasteiger partial charge in [0.2, 0.25) is 11.9 Å². The zero-order chi connectivity index (χ0) is 26.9. The smallest absolute Gasteiger partial charge is 0.242 e. The second-order valence-corrected chi connectivity index (χ2v) is 10.2. The standard InChI is InChI=1S/C29H30Cl2N6O/c1-19(2)13-26(28(38)33-16-20-8-10-23(30)11-9-20)35-27-15-25(22-6-4-12-32-18-22)36-29(37-27)34-17-21-5-3-7-24(31)14-21/h3-12,14-15,18-19,26H,13,16-17H2,1-2H3,(H,33,38)(H2,34,35,36,37). The van der Waals surface area contributed by atoms with E-state index in [-0.39, 0.29) is 11.8 Å². The van der Waals surface area contributed by atoms with Gasteiger partial charge >= 0.3 is 0 Å². The summed E-state index contributed by atoms with van der Waals surface area (Å²) in [6.45, 7) is 5.07. The van der Waals surface area contributed by atoms with Gasteiger partial charge in [0.15, 0.2) is 0 Å². The second-order valence-electron chi connectivity index (χ2n) is 9.36. The molecule has 2 heterocycles. The molecular formula is C29H30Cl2N6O. The molecule has 1 amide bonds. The van der Waals surface area contributed by atoms with Gasteiger partial charge in [-0.2, -0.15) is 4.98 Å². The minimum absolute atomic E-state index is 0.108. The van der Waals surface area contributed by atoms with Crippen LogP contribution in [0, 0.1) is 5.92 Å². The van der Waals surface area contributed by atoms with Crippen molar-refractivity contribution in [2.75, 3.05) is 10.6 Å². The van der Waals surface area contributed by atoms with Gasteiger partial charge in [-0.15, -0.1) is 0 Å². The number of hydrogen-bond acceptors (Lipinski definition) is 6. The number of nitrogens with one attached hydrogen (secondary N) is 3. The van der Waals surface area contributed by atoms with E-state index in [9.17, 15) is 4.79 Å². The molecular weight excluding hydrogens is 519 g/mol. The molecule has 2 aromatic heterocycles. The third-order valence-corrected chi connectivity index (χ3v) is 6.24. The van der Waals surface area contributed by atoms with Crippen LogP contribution < -0.4 is 16.0 Å². The maximum Gasteiger partial charge on any atom is 0.242 e. The van der Waals surface area contributed by atoms with Gasteiger partial charge in [0.1, 0.15) is 11.9 Å². The molecule has 4 aromatic rings. The molecule has 9 heteroatoms. The molecule has 2 aromatic carbocycles. The highest BCUT2D eigenvalue weighted by Gasteiger charge is 2.21. The Morgan fingerprint density at radius 1 is 0.895 bits per heavy atom. The second kappa shape index (κ2) is 13.2. The number of benzene rings is 2. The predicted molar refractivity (Wildman–Crippen MR) is 154 cm³/mol. The van der Waals surface area contributed by atoms with Crippen LogP contribution in [0.4, 0.5) is 11.8 Å². The number of halogens is 2. The minimum Gasteiger partial charge on any atom is -0.358 e. The van der Waals surface area contributed by atoms with Crippen molar-refractivity contribution in [3.05, 3.63) is 100 Å². The van der Waals surface area contributed by atoms with Crippen LogP contribution in [0.3, 0.4) is 0 Å². The maximum atomic E-state index is 13.2. The first kappa shape index (κ1) is 27.4. The molecule has 0 spiro atoms. The lowest BCUT2D eigenvalue weighted by molar-refractivity contribution is -0.122. The van der Waals surface area contributed by atoms with E-state index in [0.717, 1.165) is 16.7 Å². The fourth-order valence-corrected chi connectivity index (χ4v) is 4.23. The van der Waals surface area contributed by atoms with Crippen LogP contribution in [0.5, 0.6) is 0 Å². The Morgan fingerprint density at radius 2 is 1.71 bits per heavy atom. The Labute approximate surface area is 233 Å². The summed E-state index contributed by atoms with van der Waals surface area (Å²) in [5.74, 6) is 1.15. The van der Waals surface area contributed by atoms with E-state index in [2.05, 4.69) is 39.8 Å². The van der Waals surface area contributed by atoms with Gasteiger partial charge < -0.3 is 16.0 Å². The van der Waals surface area contributed by atoms with Crippen molar-refractivity contribution in [3.63, 3.8) is 0 Å². The van der Waals surface area contributed by atoms with Crippen molar-refractivity contribution >= 4 is 40.9 Å². The number of pyridine rings is 1. The first-order valence-electron chi connectivity index (χ1n) is 12.4. The molecule has 0 radical (unpaired) electrons. The fourth-order valence-electron chi connectivity index (χ4n) is 3.89. The zero-order valence-electron chi connectivity index (χ0n) is 21.3. The summed E-state index contributed by atoms with van der Waals surface area (Å²) in [6, 6.07) is 20.2. The molecule has 1 atom stereocenters. The normalized spacial score (nSPS) is 11.7. The number of anilines is 2. The van der Waals surface area contributed by atoms with Crippen molar-refractivity contribution < 1.29 is 4.79 Å². The summed E-state index contributed by atoms with van der Waals surface area (Å²) in [5.41, 5.74) is 3.51. The largest absolute Gasteiger partial charge is 0.358 e. The first-order chi connectivity index (χ1) is 18.4. The Balaban J connectivity index is 1.55. The molecule has 196 valence electrons. The van der Waals surface area contributed by atoms with Gasteiger partial charge in [-0.3, -0.25) is 9.78 Å². The maximum absolute atomic E-state index is 13.2.